The van der Waals surface area contributed by atoms with E-state index in [9.17, 15) is 4.79 Å². The van der Waals surface area contributed by atoms with Gasteiger partial charge in [0.1, 0.15) is 0 Å². The highest BCUT2D eigenvalue weighted by atomic mass is 32.2. The van der Waals surface area contributed by atoms with E-state index in [-0.39, 0.29) is 5.78 Å². The summed E-state index contributed by atoms with van der Waals surface area (Å²) < 4.78 is 3.04. The van der Waals surface area contributed by atoms with Gasteiger partial charge < -0.3 is 9.88 Å². The van der Waals surface area contributed by atoms with Crippen molar-refractivity contribution in [1.82, 2.24) is 14.8 Å². The smallest absolute Gasteiger partial charge is 0.206 e. The predicted molar refractivity (Wildman–Crippen MR) is 93.3 cm³/mol. The van der Waals surface area contributed by atoms with Crippen LogP contribution >= 0.6 is 23.1 Å². The number of thioether (sulfide) groups is 1. The number of Topliss-reactive ketones (excluding diaryl/α,β-unsaturated/α-hetero) is 1. The molecule has 0 amide bonds. The Morgan fingerprint density at radius 2 is 2.14 bits per heavy atom. The van der Waals surface area contributed by atoms with Crippen molar-refractivity contribution >= 4 is 34.0 Å². The Kier molecular flexibility index (Phi) is 6.02. The molecule has 7 heteroatoms. The lowest BCUT2D eigenvalue weighted by Crippen LogP contribution is -2.06. The first-order valence-electron chi connectivity index (χ1n) is 7.46. The second kappa shape index (κ2) is 7.78. The van der Waals surface area contributed by atoms with Crippen molar-refractivity contribution < 1.29 is 4.79 Å². The Morgan fingerprint density at radius 1 is 1.36 bits per heavy atom. The third-order valence-corrected chi connectivity index (χ3v) is 5.40. The third kappa shape index (κ3) is 3.89. The van der Waals surface area contributed by atoms with Crippen LogP contribution in [-0.4, -0.2) is 32.8 Å². The number of carbonyl (C=O) groups excluding carboxylic acids is 1. The minimum absolute atomic E-state index is 0.153. The van der Waals surface area contributed by atoms with E-state index in [2.05, 4.69) is 33.9 Å². The number of hydrogen-bond donors (Lipinski definition) is 1. The molecule has 2 aromatic heterocycles. The van der Waals surface area contributed by atoms with Gasteiger partial charge in [0.15, 0.2) is 10.1 Å². The fourth-order valence-corrected chi connectivity index (χ4v) is 4.05. The Balaban J connectivity index is 2.01. The number of nitrogens with one attached hydrogen (secondary N) is 1. The minimum Gasteiger partial charge on any atom is -0.360 e. The molecule has 0 saturated heterocycles. The van der Waals surface area contributed by atoms with Crippen LogP contribution in [0.5, 0.6) is 0 Å². The monoisotopic (exact) mass is 338 g/mol. The largest absolute Gasteiger partial charge is 0.360 e. The normalized spacial score (nSPS) is 10.9. The number of ketones is 1. The zero-order valence-electron chi connectivity index (χ0n) is 13.5. The van der Waals surface area contributed by atoms with Crippen LogP contribution in [0.1, 0.15) is 42.0 Å². The van der Waals surface area contributed by atoms with E-state index in [1.54, 1.807) is 0 Å². The Bertz CT molecular complexity index is 648. The lowest BCUT2D eigenvalue weighted by Gasteiger charge is -2.07. The number of anilines is 1. The summed E-state index contributed by atoms with van der Waals surface area (Å²) in [5.41, 5.74) is 3.04. The molecule has 2 heterocycles. The molecular formula is C15H22N4OS2. The highest BCUT2D eigenvalue weighted by Gasteiger charge is 2.16. The third-order valence-electron chi connectivity index (χ3n) is 3.38. The van der Waals surface area contributed by atoms with Crippen LogP contribution in [0.3, 0.4) is 0 Å². The van der Waals surface area contributed by atoms with Crippen LogP contribution in [0.4, 0.5) is 5.13 Å². The van der Waals surface area contributed by atoms with Gasteiger partial charge in [-0.1, -0.05) is 30.0 Å². The maximum Gasteiger partial charge on any atom is 0.206 e. The van der Waals surface area contributed by atoms with Crippen molar-refractivity contribution in [1.29, 1.82) is 0 Å². The lowest BCUT2D eigenvalue weighted by atomic mass is 10.2. The first-order chi connectivity index (χ1) is 10.6. The summed E-state index contributed by atoms with van der Waals surface area (Å²) in [6, 6.07) is 2.00. The molecule has 0 fully saturated rings. The molecule has 0 unspecified atom stereocenters. The first kappa shape index (κ1) is 17.0. The van der Waals surface area contributed by atoms with Gasteiger partial charge in [0.25, 0.3) is 0 Å². The van der Waals surface area contributed by atoms with E-state index < -0.39 is 0 Å². The summed E-state index contributed by atoms with van der Waals surface area (Å²) in [4.78, 5) is 12.4. The molecule has 0 atom stereocenters. The molecule has 120 valence electrons. The van der Waals surface area contributed by atoms with Gasteiger partial charge in [-0.3, -0.25) is 4.79 Å². The number of hydrogen-bond acceptors (Lipinski definition) is 6. The molecule has 5 nitrogen and oxygen atoms in total. The van der Waals surface area contributed by atoms with Crippen LogP contribution in [0.15, 0.2) is 10.4 Å². The number of nitrogens with zero attached hydrogens (tertiary/aromatic N) is 3. The number of carbonyl (C=O) groups is 1. The standard InChI is InChI=1S/C15H22N4OS2/c1-5-7-19-10(3)8-12(11(19)4)13(20)9-21-15-18-17-14(22-15)16-6-2/h8H,5-7,9H2,1-4H3,(H,16,17). The molecule has 0 aliphatic heterocycles. The molecule has 0 aliphatic carbocycles. The molecule has 1 N–H and O–H groups in total. The van der Waals surface area contributed by atoms with Gasteiger partial charge in [0.05, 0.1) is 5.75 Å². The van der Waals surface area contributed by atoms with Crippen LogP contribution in [-0.2, 0) is 6.54 Å². The predicted octanol–water partition coefficient (Wildman–Crippen LogP) is 3.77. The molecule has 2 rings (SSSR count). The summed E-state index contributed by atoms with van der Waals surface area (Å²) >= 11 is 2.94. The maximum atomic E-state index is 12.4. The molecular weight excluding hydrogens is 316 g/mol. The first-order valence-corrected chi connectivity index (χ1v) is 9.27. The van der Waals surface area contributed by atoms with Gasteiger partial charge in [0.2, 0.25) is 5.13 Å². The Morgan fingerprint density at radius 3 is 2.82 bits per heavy atom. The molecule has 0 bridgehead atoms. The van der Waals surface area contributed by atoms with E-state index in [1.165, 1.54) is 23.1 Å². The fraction of sp³-hybridized carbons (Fsp3) is 0.533. The molecule has 0 aromatic carbocycles. The van der Waals surface area contributed by atoms with Gasteiger partial charge in [-0.25, -0.2) is 0 Å². The van der Waals surface area contributed by atoms with Gasteiger partial charge >= 0.3 is 0 Å². The van der Waals surface area contributed by atoms with Gasteiger partial charge in [-0.15, -0.1) is 10.2 Å². The van der Waals surface area contributed by atoms with Gasteiger partial charge in [-0.2, -0.15) is 0 Å². The number of aromatic nitrogens is 3. The SMILES string of the molecule is CCCn1c(C)cc(C(=O)CSc2nnc(NCC)s2)c1C. The van der Waals surface area contributed by atoms with E-state index in [0.717, 1.165) is 45.9 Å². The quantitative estimate of drug-likeness (QED) is 0.586. The van der Waals surface area contributed by atoms with Crippen LogP contribution < -0.4 is 5.32 Å². The molecule has 0 spiro atoms. The van der Waals surface area contributed by atoms with Crippen LogP contribution in [0.2, 0.25) is 0 Å². The van der Waals surface area contributed by atoms with E-state index in [4.69, 9.17) is 0 Å². The van der Waals surface area contributed by atoms with Crippen LogP contribution in [0, 0.1) is 13.8 Å². The van der Waals surface area contributed by atoms with E-state index >= 15 is 0 Å². The second-order valence-electron chi connectivity index (χ2n) is 5.05. The summed E-state index contributed by atoms with van der Waals surface area (Å²) in [5.74, 6) is 0.553. The average Bonchev–Trinajstić information content (AvgIpc) is 3.05. The van der Waals surface area contributed by atoms with Crippen molar-refractivity contribution in [3.63, 3.8) is 0 Å². The highest BCUT2D eigenvalue weighted by Crippen LogP contribution is 2.27. The van der Waals surface area contributed by atoms with Crippen LogP contribution in [0.25, 0.3) is 0 Å². The number of aryl methyl sites for hydroxylation is 1. The summed E-state index contributed by atoms with van der Waals surface area (Å²) in [7, 11) is 0. The average molecular weight is 339 g/mol. The van der Waals surface area contributed by atoms with Crippen molar-refractivity contribution in [3.05, 3.63) is 23.0 Å². The number of rotatable bonds is 8. The molecule has 22 heavy (non-hydrogen) atoms. The molecule has 2 aromatic rings. The van der Waals surface area contributed by atoms with Crippen molar-refractivity contribution in [2.24, 2.45) is 0 Å². The summed E-state index contributed by atoms with van der Waals surface area (Å²) in [6.07, 6.45) is 1.07. The minimum atomic E-state index is 0.153. The second-order valence-corrected chi connectivity index (χ2v) is 7.25. The van der Waals surface area contributed by atoms with E-state index in [1.807, 2.05) is 19.9 Å². The summed E-state index contributed by atoms with van der Waals surface area (Å²) in [6.45, 7) is 10.0. The zero-order chi connectivity index (χ0) is 16.1. The van der Waals surface area contributed by atoms with Gasteiger partial charge in [0, 0.05) is 30.0 Å². The Hall–Kier alpha value is -1.34. The Labute approximate surface area is 139 Å². The van der Waals surface area contributed by atoms with E-state index in [0.29, 0.717) is 5.75 Å². The molecule has 0 saturated carbocycles. The lowest BCUT2D eigenvalue weighted by molar-refractivity contribution is 0.102. The van der Waals surface area contributed by atoms with Crippen molar-refractivity contribution in [2.45, 2.75) is 45.0 Å². The van der Waals surface area contributed by atoms with Gasteiger partial charge in [-0.05, 0) is 33.3 Å². The maximum absolute atomic E-state index is 12.4. The fourth-order valence-electron chi connectivity index (χ4n) is 2.35. The topological polar surface area (TPSA) is 59.8 Å². The van der Waals surface area contributed by atoms with Crippen molar-refractivity contribution in [3.8, 4) is 0 Å². The van der Waals surface area contributed by atoms with Crippen molar-refractivity contribution in [2.75, 3.05) is 17.6 Å². The zero-order valence-corrected chi connectivity index (χ0v) is 15.1. The molecule has 0 radical (unpaired) electrons. The highest BCUT2D eigenvalue weighted by molar-refractivity contribution is 8.01. The summed E-state index contributed by atoms with van der Waals surface area (Å²) in [5, 5.41) is 12.1. The molecule has 0 aliphatic rings.